The first-order valence-corrected chi connectivity index (χ1v) is 9.61. The van der Waals surface area contributed by atoms with Crippen molar-refractivity contribution in [3.05, 3.63) is 35.2 Å². The van der Waals surface area contributed by atoms with Crippen LogP contribution >= 0.6 is 11.3 Å². The minimum absolute atomic E-state index is 0.0196. The summed E-state index contributed by atoms with van der Waals surface area (Å²) in [5, 5.41) is 5.89. The van der Waals surface area contributed by atoms with Crippen LogP contribution in [0.3, 0.4) is 0 Å². The van der Waals surface area contributed by atoms with Crippen molar-refractivity contribution < 1.29 is 14.3 Å². The molecule has 1 aromatic heterocycles. The zero-order valence-corrected chi connectivity index (χ0v) is 15.3. The summed E-state index contributed by atoms with van der Waals surface area (Å²) in [5.41, 5.74) is 0.781. The highest BCUT2D eigenvalue weighted by Crippen LogP contribution is 2.28. The molecule has 0 radical (unpaired) electrons. The predicted octanol–water partition coefficient (Wildman–Crippen LogP) is 2.91. The summed E-state index contributed by atoms with van der Waals surface area (Å²) < 4.78 is 6.10. The second kappa shape index (κ2) is 8.45. The number of nitrogens with one attached hydrogen (secondary N) is 1. The molecule has 1 aliphatic heterocycles. The number of amides is 2. The predicted molar refractivity (Wildman–Crippen MR) is 100.0 cm³/mol. The van der Waals surface area contributed by atoms with Gasteiger partial charge in [0.2, 0.25) is 5.91 Å². The number of ether oxygens (including phenoxy) is 1. The van der Waals surface area contributed by atoms with E-state index in [4.69, 9.17) is 4.74 Å². The third-order valence-corrected chi connectivity index (χ3v) is 5.67. The number of carbonyl (C=O) groups is 2. The summed E-state index contributed by atoms with van der Waals surface area (Å²) in [6.07, 6.45) is 2.40. The highest BCUT2D eigenvalue weighted by Gasteiger charge is 2.26. The molecule has 0 spiro atoms. The lowest BCUT2D eigenvalue weighted by molar-refractivity contribution is -0.125. The lowest BCUT2D eigenvalue weighted by Gasteiger charge is -2.20. The van der Waals surface area contributed by atoms with E-state index in [0.717, 1.165) is 28.5 Å². The molecule has 0 saturated carbocycles. The molecular formula is C19H24N2O3S. The largest absolute Gasteiger partial charge is 0.383 e. The summed E-state index contributed by atoms with van der Waals surface area (Å²) in [6.45, 7) is 2.40. The van der Waals surface area contributed by atoms with E-state index in [2.05, 4.69) is 5.32 Å². The Labute approximate surface area is 152 Å². The van der Waals surface area contributed by atoms with Gasteiger partial charge in [-0.25, -0.2) is 0 Å². The quantitative estimate of drug-likeness (QED) is 0.834. The average Bonchev–Trinajstić information content (AvgIpc) is 2.90. The summed E-state index contributed by atoms with van der Waals surface area (Å²) in [6, 6.07) is 8.00. The average molecular weight is 360 g/mol. The second-order valence-electron chi connectivity index (χ2n) is 6.35. The van der Waals surface area contributed by atoms with Gasteiger partial charge in [0.1, 0.15) is 0 Å². The number of fused-ring (bicyclic) bond motifs is 1. The number of thiophene rings is 1. The van der Waals surface area contributed by atoms with Gasteiger partial charge in [-0.3, -0.25) is 9.59 Å². The lowest BCUT2D eigenvalue weighted by atomic mass is 10.00. The molecule has 6 heteroatoms. The topological polar surface area (TPSA) is 58.6 Å². The van der Waals surface area contributed by atoms with Gasteiger partial charge in [0, 0.05) is 48.1 Å². The molecule has 5 nitrogen and oxygen atoms in total. The van der Waals surface area contributed by atoms with Crippen molar-refractivity contribution in [2.45, 2.75) is 19.3 Å². The third-order valence-electron chi connectivity index (χ3n) is 4.70. The molecule has 134 valence electrons. The molecule has 25 heavy (non-hydrogen) atoms. The first-order chi connectivity index (χ1) is 12.2. The molecule has 2 amide bonds. The number of rotatable bonds is 5. The van der Waals surface area contributed by atoms with E-state index < -0.39 is 0 Å². The zero-order valence-electron chi connectivity index (χ0n) is 14.5. The molecule has 3 rings (SSSR count). The Morgan fingerprint density at radius 3 is 2.96 bits per heavy atom. The van der Waals surface area contributed by atoms with Crippen LogP contribution in [-0.2, 0) is 9.53 Å². The molecular weight excluding hydrogens is 336 g/mol. The Balaban J connectivity index is 1.63. The Morgan fingerprint density at radius 2 is 2.12 bits per heavy atom. The zero-order chi connectivity index (χ0) is 17.6. The molecule has 1 unspecified atom stereocenters. The highest BCUT2D eigenvalue weighted by molar-refractivity contribution is 7.17. The summed E-state index contributed by atoms with van der Waals surface area (Å²) >= 11 is 1.60. The van der Waals surface area contributed by atoms with Crippen LogP contribution in [-0.4, -0.2) is 50.1 Å². The van der Waals surface area contributed by atoms with Gasteiger partial charge in [-0.05, 0) is 25.3 Å². The van der Waals surface area contributed by atoms with Gasteiger partial charge in [-0.2, -0.15) is 0 Å². The summed E-state index contributed by atoms with van der Waals surface area (Å²) in [4.78, 5) is 27.1. The molecule has 1 N–H and O–H groups in total. The number of hydrogen-bond donors (Lipinski definition) is 1. The normalized spacial score (nSPS) is 18.1. The molecule has 1 atom stereocenters. The van der Waals surface area contributed by atoms with Crippen LogP contribution in [0.15, 0.2) is 29.6 Å². The number of hydrogen-bond acceptors (Lipinski definition) is 4. The summed E-state index contributed by atoms with van der Waals surface area (Å²) in [7, 11) is 1.62. The van der Waals surface area contributed by atoms with Crippen molar-refractivity contribution >= 4 is 33.2 Å². The lowest BCUT2D eigenvalue weighted by Crippen LogP contribution is -2.35. The van der Waals surface area contributed by atoms with Crippen molar-refractivity contribution in [1.82, 2.24) is 10.2 Å². The van der Waals surface area contributed by atoms with Crippen LogP contribution in [0.25, 0.3) is 10.1 Å². The van der Waals surface area contributed by atoms with Crippen LogP contribution in [0.4, 0.5) is 0 Å². The maximum absolute atomic E-state index is 12.9. The van der Waals surface area contributed by atoms with Crippen LogP contribution < -0.4 is 5.32 Å². The number of methoxy groups -OCH3 is 1. The molecule has 2 aromatic rings. The maximum Gasteiger partial charge on any atom is 0.255 e. The Kier molecular flexibility index (Phi) is 6.04. The molecule has 1 saturated heterocycles. The van der Waals surface area contributed by atoms with E-state index in [1.165, 1.54) is 0 Å². The number of benzene rings is 1. The first-order valence-electron chi connectivity index (χ1n) is 8.73. The van der Waals surface area contributed by atoms with Crippen molar-refractivity contribution in [2.75, 3.05) is 33.4 Å². The SMILES string of the molecule is COCCNC(=O)C1CCCN(C(=O)c2csc3ccccc23)CC1. The third kappa shape index (κ3) is 4.19. The molecule has 1 fully saturated rings. The second-order valence-corrected chi connectivity index (χ2v) is 7.26. The maximum atomic E-state index is 12.9. The van der Waals surface area contributed by atoms with Gasteiger partial charge >= 0.3 is 0 Å². The van der Waals surface area contributed by atoms with Gasteiger partial charge in [0.05, 0.1) is 12.2 Å². The van der Waals surface area contributed by atoms with Crippen LogP contribution in [0.1, 0.15) is 29.6 Å². The van der Waals surface area contributed by atoms with Crippen molar-refractivity contribution in [3.63, 3.8) is 0 Å². The van der Waals surface area contributed by atoms with Gasteiger partial charge in [0.25, 0.3) is 5.91 Å². The van der Waals surface area contributed by atoms with E-state index >= 15 is 0 Å². The Bertz CT molecular complexity index is 743. The molecule has 1 aliphatic rings. The monoisotopic (exact) mass is 360 g/mol. The fourth-order valence-electron chi connectivity index (χ4n) is 3.30. The van der Waals surface area contributed by atoms with Gasteiger partial charge in [-0.1, -0.05) is 18.2 Å². The smallest absolute Gasteiger partial charge is 0.255 e. The van der Waals surface area contributed by atoms with Gasteiger partial charge in [-0.15, -0.1) is 11.3 Å². The Hall–Kier alpha value is -1.92. The molecule has 2 heterocycles. The van der Waals surface area contributed by atoms with E-state index in [1.807, 2.05) is 34.5 Å². The van der Waals surface area contributed by atoms with Crippen LogP contribution in [0.2, 0.25) is 0 Å². The van der Waals surface area contributed by atoms with Crippen LogP contribution in [0.5, 0.6) is 0 Å². The molecule has 0 bridgehead atoms. The van der Waals surface area contributed by atoms with E-state index in [9.17, 15) is 9.59 Å². The fraction of sp³-hybridized carbons (Fsp3) is 0.474. The van der Waals surface area contributed by atoms with Crippen LogP contribution in [0, 0.1) is 5.92 Å². The fourth-order valence-corrected chi connectivity index (χ4v) is 4.23. The number of likely N-dealkylation sites (tertiary alicyclic amines) is 1. The van der Waals surface area contributed by atoms with Crippen molar-refractivity contribution in [3.8, 4) is 0 Å². The van der Waals surface area contributed by atoms with Gasteiger partial charge in [0.15, 0.2) is 0 Å². The molecule has 1 aromatic carbocycles. The standard InChI is InChI=1S/C19H24N2O3S/c1-24-12-9-20-18(22)14-5-4-10-21(11-8-14)19(23)16-13-25-17-7-3-2-6-15(16)17/h2-3,6-7,13-14H,4-5,8-12H2,1H3,(H,20,22). The molecule has 0 aliphatic carbocycles. The summed E-state index contributed by atoms with van der Waals surface area (Å²) in [5.74, 6) is 0.138. The minimum atomic E-state index is -0.0196. The first kappa shape index (κ1) is 17.9. The van der Waals surface area contributed by atoms with Gasteiger partial charge < -0.3 is 15.0 Å². The number of carbonyl (C=O) groups excluding carboxylic acids is 2. The van der Waals surface area contributed by atoms with Crippen molar-refractivity contribution in [1.29, 1.82) is 0 Å². The Morgan fingerprint density at radius 1 is 1.28 bits per heavy atom. The van der Waals surface area contributed by atoms with E-state index in [0.29, 0.717) is 32.7 Å². The highest BCUT2D eigenvalue weighted by atomic mass is 32.1. The minimum Gasteiger partial charge on any atom is -0.383 e. The number of nitrogens with zero attached hydrogens (tertiary/aromatic N) is 1. The van der Waals surface area contributed by atoms with Crippen molar-refractivity contribution in [2.24, 2.45) is 5.92 Å². The van der Waals surface area contributed by atoms with E-state index in [1.54, 1.807) is 18.4 Å². The van der Waals surface area contributed by atoms with E-state index in [-0.39, 0.29) is 17.7 Å².